The maximum Gasteiger partial charge on any atom is 0.266 e. The lowest BCUT2D eigenvalue weighted by Gasteiger charge is -2.18. The predicted octanol–water partition coefficient (Wildman–Crippen LogP) is 2.97. The second kappa shape index (κ2) is 5.73. The second-order valence-corrected chi connectivity index (χ2v) is 5.48. The highest BCUT2D eigenvalue weighted by atomic mass is 16.1. The number of hydrogen-bond donors (Lipinski definition) is 1. The molecule has 0 saturated heterocycles. The molecular weight excluding hydrogens is 274 g/mol. The van der Waals surface area contributed by atoms with E-state index in [4.69, 9.17) is 4.98 Å². The molecule has 3 rings (SSSR count). The van der Waals surface area contributed by atoms with Crippen LogP contribution in [0.2, 0.25) is 0 Å². The van der Waals surface area contributed by atoms with Crippen LogP contribution in [0, 0.1) is 6.92 Å². The summed E-state index contributed by atoms with van der Waals surface area (Å²) in [5, 5.41) is 3.81. The lowest BCUT2D eigenvalue weighted by molar-refractivity contribution is 0.589. The molecule has 2 aromatic carbocycles. The molecule has 3 aromatic rings. The Balaban J connectivity index is 2.40. The minimum absolute atomic E-state index is 0.0298. The summed E-state index contributed by atoms with van der Waals surface area (Å²) in [7, 11) is 1.87. The van der Waals surface area contributed by atoms with Crippen molar-refractivity contribution in [2.24, 2.45) is 0 Å². The van der Waals surface area contributed by atoms with Gasteiger partial charge in [0.15, 0.2) is 0 Å². The summed E-state index contributed by atoms with van der Waals surface area (Å²) >= 11 is 0. The SMILES string of the molecule is CNC(C)c1nc2ccccc2c(=O)n1-c1cccc(C)c1. The van der Waals surface area contributed by atoms with E-state index < -0.39 is 0 Å². The standard InChI is InChI=1S/C18H19N3O/c1-12-7-6-8-14(11-12)21-17(13(2)19-3)20-16-10-5-4-9-15(16)18(21)22/h4-11,13,19H,1-3H3. The lowest BCUT2D eigenvalue weighted by atomic mass is 10.2. The first-order valence-corrected chi connectivity index (χ1v) is 7.38. The van der Waals surface area contributed by atoms with Crippen LogP contribution in [0.5, 0.6) is 0 Å². The van der Waals surface area contributed by atoms with Gasteiger partial charge >= 0.3 is 0 Å². The Bertz CT molecular complexity index is 883. The van der Waals surface area contributed by atoms with E-state index in [0.717, 1.165) is 22.6 Å². The van der Waals surface area contributed by atoms with E-state index in [-0.39, 0.29) is 11.6 Å². The number of hydrogen-bond acceptors (Lipinski definition) is 3. The molecule has 0 fully saturated rings. The number of fused-ring (bicyclic) bond motifs is 1. The Hall–Kier alpha value is -2.46. The van der Waals surface area contributed by atoms with Gasteiger partial charge in [-0.1, -0.05) is 24.3 Å². The molecule has 1 aromatic heterocycles. The van der Waals surface area contributed by atoms with Crippen molar-refractivity contribution in [2.75, 3.05) is 7.05 Å². The summed E-state index contributed by atoms with van der Waals surface area (Å²) in [5.74, 6) is 0.719. The van der Waals surface area contributed by atoms with Gasteiger partial charge in [0, 0.05) is 0 Å². The summed E-state index contributed by atoms with van der Waals surface area (Å²) in [6.07, 6.45) is 0. The van der Waals surface area contributed by atoms with Gasteiger partial charge in [-0.15, -0.1) is 0 Å². The number of para-hydroxylation sites is 1. The highest BCUT2D eigenvalue weighted by Crippen LogP contribution is 2.18. The molecule has 0 aliphatic carbocycles. The highest BCUT2D eigenvalue weighted by Gasteiger charge is 2.16. The number of rotatable bonds is 3. The molecule has 22 heavy (non-hydrogen) atoms. The zero-order valence-electron chi connectivity index (χ0n) is 13.0. The molecule has 1 N–H and O–H groups in total. The van der Waals surface area contributed by atoms with Crippen molar-refractivity contribution in [3.05, 3.63) is 70.3 Å². The first-order chi connectivity index (χ1) is 10.6. The molecule has 0 aliphatic heterocycles. The van der Waals surface area contributed by atoms with Crippen molar-refractivity contribution in [1.29, 1.82) is 0 Å². The lowest BCUT2D eigenvalue weighted by Crippen LogP contribution is -2.28. The van der Waals surface area contributed by atoms with Crippen molar-refractivity contribution < 1.29 is 0 Å². The first-order valence-electron chi connectivity index (χ1n) is 7.38. The van der Waals surface area contributed by atoms with Gasteiger partial charge in [0.05, 0.1) is 22.6 Å². The van der Waals surface area contributed by atoms with Crippen molar-refractivity contribution in [3.8, 4) is 5.69 Å². The van der Waals surface area contributed by atoms with Crippen LogP contribution in [0.3, 0.4) is 0 Å². The summed E-state index contributed by atoms with van der Waals surface area (Å²) in [5.41, 5.74) is 2.66. The van der Waals surface area contributed by atoms with E-state index in [1.54, 1.807) is 4.57 Å². The van der Waals surface area contributed by atoms with Gasteiger partial charge in [-0.25, -0.2) is 4.98 Å². The van der Waals surface area contributed by atoms with Crippen LogP contribution in [0.4, 0.5) is 0 Å². The molecule has 4 heteroatoms. The average molecular weight is 293 g/mol. The van der Waals surface area contributed by atoms with Gasteiger partial charge < -0.3 is 5.32 Å². The molecule has 0 aliphatic rings. The molecule has 0 spiro atoms. The monoisotopic (exact) mass is 293 g/mol. The number of nitrogens with one attached hydrogen (secondary N) is 1. The van der Waals surface area contributed by atoms with Crippen LogP contribution in [0.25, 0.3) is 16.6 Å². The van der Waals surface area contributed by atoms with Crippen molar-refractivity contribution >= 4 is 10.9 Å². The summed E-state index contributed by atoms with van der Waals surface area (Å²) in [4.78, 5) is 17.7. The van der Waals surface area contributed by atoms with Crippen LogP contribution >= 0.6 is 0 Å². The molecule has 112 valence electrons. The minimum atomic E-state index is -0.0340. The molecule has 4 nitrogen and oxygen atoms in total. The normalized spacial score (nSPS) is 12.5. The summed E-state index contributed by atoms with van der Waals surface area (Å²) < 4.78 is 1.70. The Labute approximate surface area is 129 Å². The summed E-state index contributed by atoms with van der Waals surface area (Å²) in [6, 6.07) is 15.4. The fraction of sp³-hybridized carbons (Fsp3) is 0.222. The molecule has 1 unspecified atom stereocenters. The zero-order valence-corrected chi connectivity index (χ0v) is 13.0. The van der Waals surface area contributed by atoms with E-state index in [0.29, 0.717) is 5.39 Å². The Kier molecular flexibility index (Phi) is 3.77. The smallest absolute Gasteiger partial charge is 0.266 e. The van der Waals surface area contributed by atoms with Gasteiger partial charge in [-0.05, 0) is 50.7 Å². The number of benzene rings is 2. The fourth-order valence-electron chi connectivity index (χ4n) is 2.59. The van der Waals surface area contributed by atoms with Crippen LogP contribution in [-0.4, -0.2) is 16.6 Å². The van der Waals surface area contributed by atoms with Crippen LogP contribution in [-0.2, 0) is 0 Å². The number of aryl methyl sites for hydroxylation is 1. The maximum atomic E-state index is 13.0. The third kappa shape index (κ3) is 2.42. The van der Waals surface area contributed by atoms with E-state index in [1.165, 1.54) is 0 Å². The molecule has 0 saturated carbocycles. The van der Waals surface area contributed by atoms with E-state index in [2.05, 4.69) is 5.32 Å². The van der Waals surface area contributed by atoms with E-state index in [9.17, 15) is 4.79 Å². The van der Waals surface area contributed by atoms with Gasteiger partial charge in [0.25, 0.3) is 5.56 Å². The van der Waals surface area contributed by atoms with E-state index in [1.807, 2.05) is 69.4 Å². The van der Waals surface area contributed by atoms with Crippen molar-refractivity contribution in [2.45, 2.75) is 19.9 Å². The third-order valence-corrected chi connectivity index (χ3v) is 3.88. The van der Waals surface area contributed by atoms with Gasteiger partial charge in [-0.2, -0.15) is 0 Å². The molecule has 1 atom stereocenters. The highest BCUT2D eigenvalue weighted by molar-refractivity contribution is 5.77. The molecule has 0 radical (unpaired) electrons. The quantitative estimate of drug-likeness (QED) is 0.807. The molecular formula is C18H19N3O. The predicted molar refractivity (Wildman–Crippen MR) is 89.6 cm³/mol. The van der Waals surface area contributed by atoms with Gasteiger partial charge in [-0.3, -0.25) is 9.36 Å². The molecule has 1 heterocycles. The Morgan fingerprint density at radius 3 is 2.64 bits per heavy atom. The number of aromatic nitrogens is 2. The van der Waals surface area contributed by atoms with Crippen molar-refractivity contribution in [1.82, 2.24) is 14.9 Å². The molecule has 0 bridgehead atoms. The van der Waals surface area contributed by atoms with Crippen LogP contribution in [0.1, 0.15) is 24.4 Å². The number of nitrogens with zero attached hydrogens (tertiary/aromatic N) is 2. The van der Waals surface area contributed by atoms with Gasteiger partial charge in [0.1, 0.15) is 5.82 Å². The Morgan fingerprint density at radius 1 is 1.14 bits per heavy atom. The topological polar surface area (TPSA) is 46.9 Å². The maximum absolute atomic E-state index is 13.0. The van der Waals surface area contributed by atoms with E-state index >= 15 is 0 Å². The van der Waals surface area contributed by atoms with Gasteiger partial charge in [0.2, 0.25) is 0 Å². The minimum Gasteiger partial charge on any atom is -0.311 e. The second-order valence-electron chi connectivity index (χ2n) is 5.48. The van der Waals surface area contributed by atoms with Crippen LogP contribution in [0.15, 0.2) is 53.3 Å². The average Bonchev–Trinajstić information content (AvgIpc) is 2.54. The zero-order chi connectivity index (χ0) is 15.7. The molecule has 0 amide bonds. The Morgan fingerprint density at radius 2 is 1.91 bits per heavy atom. The first kappa shape index (κ1) is 14.5. The fourth-order valence-corrected chi connectivity index (χ4v) is 2.59. The largest absolute Gasteiger partial charge is 0.311 e. The summed E-state index contributed by atoms with van der Waals surface area (Å²) in [6.45, 7) is 4.02. The van der Waals surface area contributed by atoms with Crippen LogP contribution < -0.4 is 10.9 Å². The third-order valence-electron chi connectivity index (χ3n) is 3.88. The van der Waals surface area contributed by atoms with Crippen molar-refractivity contribution in [3.63, 3.8) is 0 Å².